The molecule has 2 aromatic rings. The van der Waals surface area contributed by atoms with E-state index in [1.807, 2.05) is 0 Å². The van der Waals surface area contributed by atoms with Crippen molar-refractivity contribution in [1.82, 2.24) is 10.6 Å². The van der Waals surface area contributed by atoms with E-state index in [1.165, 1.54) is 0 Å². The molecule has 0 unspecified atom stereocenters. The number of carbonyl (C=O) groups is 2. The van der Waals surface area contributed by atoms with Crippen molar-refractivity contribution in [2.75, 3.05) is 0 Å². The average Bonchev–Trinajstić information content (AvgIpc) is 3.11. The molecule has 0 radical (unpaired) electrons. The summed E-state index contributed by atoms with van der Waals surface area (Å²) in [4.78, 5) is 25.2. The predicted octanol–water partition coefficient (Wildman–Crippen LogP) is 4.68. The van der Waals surface area contributed by atoms with Crippen molar-refractivity contribution in [3.8, 4) is 0 Å². The lowest BCUT2D eigenvalue weighted by atomic mass is 10.0. The van der Waals surface area contributed by atoms with Gasteiger partial charge in [-0.25, -0.2) is 0 Å². The molecule has 2 aromatic carbocycles. The first-order chi connectivity index (χ1) is 12.4. The summed E-state index contributed by atoms with van der Waals surface area (Å²) in [6.45, 7) is 0. The van der Waals surface area contributed by atoms with E-state index in [0.717, 1.165) is 0 Å². The van der Waals surface area contributed by atoms with Gasteiger partial charge in [-0.05, 0) is 36.4 Å². The molecule has 0 fully saturated rings. The Hall–Kier alpha value is -1.98. The first kappa shape index (κ1) is 17.4. The van der Waals surface area contributed by atoms with Gasteiger partial charge in [0.05, 0.1) is 32.6 Å². The molecular formula is C18H8Cl4N2O2. The molecule has 0 spiro atoms. The summed E-state index contributed by atoms with van der Waals surface area (Å²) in [7, 11) is 0. The molecule has 0 aliphatic carbocycles. The van der Waals surface area contributed by atoms with Gasteiger partial charge in [0.1, 0.15) is 0 Å². The Balaban J connectivity index is 1.97. The summed E-state index contributed by atoms with van der Waals surface area (Å²) in [6, 6.07) is 9.63. The van der Waals surface area contributed by atoms with Crippen LogP contribution in [0.15, 0.2) is 47.5 Å². The van der Waals surface area contributed by atoms with Crippen LogP contribution in [0.2, 0.25) is 20.1 Å². The standard InChI is InChI=1S/C18H8Cl4N2O2/c19-7-1-3-11(21)9(5-7)15-13-14(18(26)23-15)16(24-17(13)25)10-6-8(20)2-4-12(10)22/h1-6H,(H,23,26)(H,24,25). The fourth-order valence-corrected chi connectivity index (χ4v) is 3.73. The van der Waals surface area contributed by atoms with Crippen molar-refractivity contribution in [2.24, 2.45) is 0 Å². The Morgan fingerprint density at radius 2 is 1.00 bits per heavy atom. The molecule has 2 amide bonds. The fraction of sp³-hybridized carbons (Fsp3) is 0. The minimum absolute atomic E-state index is 0.199. The van der Waals surface area contributed by atoms with Gasteiger partial charge in [-0.1, -0.05) is 46.4 Å². The first-order valence-electron chi connectivity index (χ1n) is 7.39. The molecule has 0 saturated heterocycles. The normalized spacial score (nSPS) is 16.2. The summed E-state index contributed by atoms with van der Waals surface area (Å²) in [6.07, 6.45) is 0. The maximum Gasteiger partial charge on any atom is 0.258 e. The minimum Gasteiger partial charge on any atom is -0.321 e. The monoisotopic (exact) mass is 424 g/mol. The third-order valence-electron chi connectivity index (χ3n) is 4.08. The highest BCUT2D eigenvalue weighted by Gasteiger charge is 2.41. The number of hydrogen-bond acceptors (Lipinski definition) is 2. The van der Waals surface area contributed by atoms with E-state index in [-0.39, 0.29) is 11.1 Å². The SMILES string of the molecule is O=C1NC(c2cc(Cl)ccc2Cl)=C2C(=O)NC(c3cc(Cl)ccc3Cl)=C12. The Bertz CT molecular complexity index is 987. The summed E-state index contributed by atoms with van der Waals surface area (Å²) in [5.74, 6) is -0.870. The van der Waals surface area contributed by atoms with Gasteiger partial charge in [-0.3, -0.25) is 9.59 Å². The maximum absolute atomic E-state index is 12.6. The Morgan fingerprint density at radius 3 is 1.38 bits per heavy atom. The van der Waals surface area contributed by atoms with Crippen LogP contribution in [0.3, 0.4) is 0 Å². The molecule has 2 heterocycles. The van der Waals surface area contributed by atoms with Crippen LogP contribution in [0.25, 0.3) is 11.4 Å². The molecule has 0 saturated carbocycles. The number of amides is 2. The molecule has 2 N–H and O–H groups in total. The van der Waals surface area contributed by atoms with Gasteiger partial charge in [0, 0.05) is 21.2 Å². The van der Waals surface area contributed by atoms with Crippen LogP contribution in [0.4, 0.5) is 0 Å². The number of benzene rings is 2. The molecular weight excluding hydrogens is 418 g/mol. The van der Waals surface area contributed by atoms with Crippen molar-refractivity contribution < 1.29 is 9.59 Å². The smallest absolute Gasteiger partial charge is 0.258 e. The lowest BCUT2D eigenvalue weighted by molar-refractivity contribution is -0.117. The fourth-order valence-electron chi connectivity index (χ4n) is 2.96. The number of hydrogen-bond donors (Lipinski definition) is 2. The number of rotatable bonds is 2. The predicted molar refractivity (Wildman–Crippen MR) is 103 cm³/mol. The summed E-state index contributed by atoms with van der Waals surface area (Å²) in [5.41, 5.74) is 1.94. The zero-order valence-electron chi connectivity index (χ0n) is 12.8. The quantitative estimate of drug-likeness (QED) is 0.733. The van der Waals surface area contributed by atoms with Crippen LogP contribution in [0.1, 0.15) is 11.1 Å². The van der Waals surface area contributed by atoms with Crippen molar-refractivity contribution in [1.29, 1.82) is 0 Å². The van der Waals surface area contributed by atoms with Crippen LogP contribution in [-0.2, 0) is 9.59 Å². The van der Waals surface area contributed by atoms with Crippen molar-refractivity contribution in [3.63, 3.8) is 0 Å². The van der Waals surface area contributed by atoms with Crippen LogP contribution < -0.4 is 10.6 Å². The van der Waals surface area contributed by atoms with Crippen molar-refractivity contribution >= 4 is 69.6 Å². The maximum atomic E-state index is 12.6. The summed E-state index contributed by atoms with van der Waals surface area (Å²) in [5, 5.41) is 7.00. The number of nitrogens with one attached hydrogen (secondary N) is 2. The lowest BCUT2D eigenvalue weighted by Crippen LogP contribution is -2.21. The number of carbonyl (C=O) groups excluding carboxylic acids is 2. The zero-order valence-corrected chi connectivity index (χ0v) is 15.8. The second kappa shape index (κ2) is 6.32. The summed E-state index contributed by atoms with van der Waals surface area (Å²) < 4.78 is 0. The van der Waals surface area contributed by atoms with Crippen LogP contribution in [0.5, 0.6) is 0 Å². The van der Waals surface area contributed by atoms with E-state index in [2.05, 4.69) is 10.6 Å². The minimum atomic E-state index is -0.435. The molecule has 0 aromatic heterocycles. The second-order valence-electron chi connectivity index (χ2n) is 5.66. The highest BCUT2D eigenvalue weighted by molar-refractivity contribution is 6.38. The topological polar surface area (TPSA) is 58.2 Å². The average molecular weight is 426 g/mol. The van der Waals surface area contributed by atoms with E-state index >= 15 is 0 Å². The molecule has 4 nitrogen and oxygen atoms in total. The van der Waals surface area contributed by atoms with Crippen molar-refractivity contribution in [2.45, 2.75) is 0 Å². The van der Waals surface area contributed by atoms with Crippen LogP contribution in [-0.4, -0.2) is 11.8 Å². The van der Waals surface area contributed by atoms with E-state index in [0.29, 0.717) is 42.6 Å². The van der Waals surface area contributed by atoms with E-state index in [4.69, 9.17) is 46.4 Å². The Kier molecular flexibility index (Phi) is 4.24. The van der Waals surface area contributed by atoms with Gasteiger partial charge < -0.3 is 10.6 Å². The van der Waals surface area contributed by atoms with Gasteiger partial charge in [-0.2, -0.15) is 0 Å². The largest absolute Gasteiger partial charge is 0.321 e. The van der Waals surface area contributed by atoms with Crippen molar-refractivity contribution in [3.05, 3.63) is 78.8 Å². The zero-order chi connectivity index (χ0) is 18.6. The molecule has 8 heteroatoms. The number of halogens is 4. The first-order valence-corrected chi connectivity index (χ1v) is 8.90. The third kappa shape index (κ3) is 2.70. The third-order valence-corrected chi connectivity index (χ3v) is 5.21. The molecule has 0 bridgehead atoms. The van der Waals surface area contributed by atoms with E-state index in [9.17, 15) is 9.59 Å². The van der Waals surface area contributed by atoms with Gasteiger partial charge in [0.15, 0.2) is 0 Å². The molecule has 2 aliphatic heterocycles. The van der Waals surface area contributed by atoms with Crippen LogP contribution in [0, 0.1) is 0 Å². The molecule has 0 atom stereocenters. The highest BCUT2D eigenvalue weighted by atomic mass is 35.5. The second-order valence-corrected chi connectivity index (χ2v) is 7.34. The Morgan fingerprint density at radius 1 is 0.615 bits per heavy atom. The van der Waals surface area contributed by atoms with Gasteiger partial charge in [0.2, 0.25) is 0 Å². The molecule has 130 valence electrons. The Labute approximate surface area is 168 Å². The van der Waals surface area contributed by atoms with E-state index < -0.39 is 11.8 Å². The van der Waals surface area contributed by atoms with Gasteiger partial charge >= 0.3 is 0 Å². The lowest BCUT2D eigenvalue weighted by Gasteiger charge is -2.10. The molecule has 26 heavy (non-hydrogen) atoms. The number of fused-ring (bicyclic) bond motifs is 1. The molecule has 4 rings (SSSR count). The summed E-state index contributed by atoms with van der Waals surface area (Å²) >= 11 is 24.5. The van der Waals surface area contributed by atoms with Crippen LogP contribution >= 0.6 is 46.4 Å². The van der Waals surface area contributed by atoms with E-state index in [1.54, 1.807) is 36.4 Å². The van der Waals surface area contributed by atoms with Gasteiger partial charge in [-0.15, -0.1) is 0 Å². The van der Waals surface area contributed by atoms with Gasteiger partial charge in [0.25, 0.3) is 11.8 Å². The highest BCUT2D eigenvalue weighted by Crippen LogP contribution is 2.41. The molecule has 2 aliphatic rings.